The van der Waals surface area contributed by atoms with Gasteiger partial charge < -0.3 is 15.5 Å². The predicted molar refractivity (Wildman–Crippen MR) is 126 cm³/mol. The predicted octanol–water partition coefficient (Wildman–Crippen LogP) is 3.15. The lowest BCUT2D eigenvalue weighted by Crippen LogP contribution is -2.63. The van der Waals surface area contributed by atoms with E-state index in [9.17, 15) is 19.2 Å². The molecule has 1 aromatic carbocycles. The van der Waals surface area contributed by atoms with Gasteiger partial charge in [0.2, 0.25) is 17.7 Å². The fraction of sp³-hybridized carbons (Fsp3) is 0.273. The van der Waals surface area contributed by atoms with Crippen LogP contribution in [-0.2, 0) is 20.8 Å². The number of thioether (sulfide) groups is 1. The van der Waals surface area contributed by atoms with Crippen LogP contribution >= 0.6 is 23.1 Å². The molecule has 1 aromatic heterocycles. The first-order valence-electron chi connectivity index (χ1n) is 10.1. The van der Waals surface area contributed by atoms with Crippen molar-refractivity contribution in [2.45, 2.75) is 24.6 Å². The molecule has 0 saturated carbocycles. The highest BCUT2D eigenvalue weighted by Crippen LogP contribution is 2.34. The molecule has 2 N–H and O–H groups in total. The lowest BCUT2D eigenvalue weighted by Gasteiger charge is -2.40. The van der Waals surface area contributed by atoms with E-state index < -0.39 is 17.3 Å². The monoisotopic (exact) mass is 470 g/mol. The Kier molecular flexibility index (Phi) is 6.61. The molecular formula is C22H22N4O4S2. The van der Waals surface area contributed by atoms with Crippen LogP contribution in [0.1, 0.15) is 11.8 Å². The maximum atomic E-state index is 13.1. The highest BCUT2D eigenvalue weighted by atomic mass is 32.2. The normalized spacial score (nSPS) is 19.8. The van der Waals surface area contributed by atoms with E-state index in [1.165, 1.54) is 28.5 Å². The van der Waals surface area contributed by atoms with E-state index in [1.54, 1.807) is 41.7 Å². The van der Waals surface area contributed by atoms with Gasteiger partial charge in [0.1, 0.15) is 11.8 Å². The summed E-state index contributed by atoms with van der Waals surface area (Å²) in [4.78, 5) is 53.7. The molecular weight excluding hydrogens is 448 g/mol. The van der Waals surface area contributed by atoms with E-state index in [2.05, 4.69) is 10.6 Å². The molecule has 10 heteroatoms. The minimum absolute atomic E-state index is 0.166. The maximum absolute atomic E-state index is 13.1. The van der Waals surface area contributed by atoms with Gasteiger partial charge in [-0.15, -0.1) is 23.1 Å². The molecule has 3 heterocycles. The van der Waals surface area contributed by atoms with Gasteiger partial charge in [-0.25, -0.2) is 4.79 Å². The number of anilines is 2. The summed E-state index contributed by atoms with van der Waals surface area (Å²) in [5.74, 6) is -0.750. The third kappa shape index (κ3) is 4.86. The lowest BCUT2D eigenvalue weighted by atomic mass is 10.1. The van der Waals surface area contributed by atoms with Crippen LogP contribution in [0.25, 0.3) is 0 Å². The van der Waals surface area contributed by atoms with Crippen molar-refractivity contribution in [3.8, 4) is 0 Å². The van der Waals surface area contributed by atoms with Crippen LogP contribution in [-0.4, -0.2) is 57.9 Å². The number of nitrogens with one attached hydrogen (secondary N) is 2. The van der Waals surface area contributed by atoms with Gasteiger partial charge in [0, 0.05) is 29.7 Å². The summed E-state index contributed by atoms with van der Waals surface area (Å²) in [6.07, 6.45) is 2.39. The van der Waals surface area contributed by atoms with Crippen LogP contribution in [0, 0.1) is 0 Å². The zero-order chi connectivity index (χ0) is 22.7. The largest absolute Gasteiger partial charge is 0.327 e. The van der Waals surface area contributed by atoms with Crippen molar-refractivity contribution in [1.29, 1.82) is 0 Å². The number of carbonyl (C=O) groups is 4. The number of amides is 5. The molecule has 0 aliphatic carbocycles. The fourth-order valence-electron chi connectivity index (χ4n) is 3.65. The third-order valence-electron chi connectivity index (χ3n) is 5.12. The van der Waals surface area contributed by atoms with Gasteiger partial charge >= 0.3 is 6.03 Å². The summed E-state index contributed by atoms with van der Waals surface area (Å²) in [6, 6.07) is 9.73. The Labute approximate surface area is 193 Å². The van der Waals surface area contributed by atoms with Crippen molar-refractivity contribution in [2.24, 2.45) is 0 Å². The molecule has 2 aromatic rings. The molecule has 5 amide bonds. The Bertz CT molecular complexity index is 1050. The van der Waals surface area contributed by atoms with Crippen molar-refractivity contribution in [3.63, 3.8) is 0 Å². The van der Waals surface area contributed by atoms with Gasteiger partial charge in [-0.1, -0.05) is 12.1 Å². The van der Waals surface area contributed by atoms with Crippen molar-refractivity contribution in [3.05, 3.63) is 58.1 Å². The van der Waals surface area contributed by atoms with Crippen LogP contribution in [0.3, 0.4) is 0 Å². The van der Waals surface area contributed by atoms with Gasteiger partial charge in [-0.05, 0) is 47.5 Å². The van der Waals surface area contributed by atoms with E-state index in [0.29, 0.717) is 17.8 Å². The molecule has 166 valence electrons. The minimum atomic E-state index is -0.448. The number of carbonyl (C=O) groups excluding carboxylic acids is 4. The van der Waals surface area contributed by atoms with Gasteiger partial charge in [-0.3, -0.25) is 19.3 Å². The number of thiophene rings is 1. The number of nitrogens with zero attached hydrogens (tertiary/aromatic N) is 2. The molecule has 0 bridgehead atoms. The molecule has 1 saturated heterocycles. The van der Waals surface area contributed by atoms with Crippen LogP contribution in [0.5, 0.6) is 0 Å². The number of fused-ring (bicyclic) bond motifs is 1. The molecule has 2 aliphatic rings. The molecule has 1 fully saturated rings. The average molecular weight is 471 g/mol. The Balaban J connectivity index is 1.42. The van der Waals surface area contributed by atoms with Crippen molar-refractivity contribution >= 4 is 58.2 Å². The van der Waals surface area contributed by atoms with E-state index in [0.717, 1.165) is 4.88 Å². The SMILES string of the molecule is CC(=O)Nc1ccc(NC(=O)CN2C(=O)N(CCc3cccs3)C(=O)C3SC=CC32)cc1. The molecule has 2 unspecified atom stereocenters. The Hall–Kier alpha value is -3.11. The molecule has 32 heavy (non-hydrogen) atoms. The van der Waals surface area contributed by atoms with Crippen molar-refractivity contribution < 1.29 is 19.2 Å². The van der Waals surface area contributed by atoms with Crippen LogP contribution < -0.4 is 10.6 Å². The maximum Gasteiger partial charge on any atom is 0.327 e. The zero-order valence-electron chi connectivity index (χ0n) is 17.3. The number of benzene rings is 1. The van der Waals surface area contributed by atoms with Crippen molar-refractivity contribution in [1.82, 2.24) is 9.80 Å². The van der Waals surface area contributed by atoms with E-state index in [-0.39, 0.29) is 30.8 Å². The summed E-state index contributed by atoms with van der Waals surface area (Å²) in [5, 5.41) is 8.78. The van der Waals surface area contributed by atoms with Gasteiger partial charge in [0.25, 0.3) is 0 Å². The molecule has 2 atom stereocenters. The van der Waals surface area contributed by atoms with Gasteiger partial charge in [0.15, 0.2) is 0 Å². The number of urea groups is 1. The second-order valence-corrected chi connectivity index (χ2v) is 9.50. The van der Waals surface area contributed by atoms with E-state index >= 15 is 0 Å². The number of hydrogen-bond donors (Lipinski definition) is 2. The smallest absolute Gasteiger partial charge is 0.326 e. The topological polar surface area (TPSA) is 98.8 Å². The third-order valence-corrected chi connectivity index (χ3v) is 7.15. The summed E-state index contributed by atoms with van der Waals surface area (Å²) in [6.45, 7) is 1.54. The van der Waals surface area contributed by atoms with E-state index in [1.807, 2.05) is 22.9 Å². The quantitative estimate of drug-likeness (QED) is 0.648. The van der Waals surface area contributed by atoms with Crippen LogP contribution in [0.4, 0.5) is 16.2 Å². The van der Waals surface area contributed by atoms with Crippen LogP contribution in [0.15, 0.2) is 53.3 Å². The number of hydrogen-bond acceptors (Lipinski definition) is 6. The number of rotatable bonds is 7. The highest BCUT2D eigenvalue weighted by molar-refractivity contribution is 8.03. The van der Waals surface area contributed by atoms with Crippen molar-refractivity contribution in [2.75, 3.05) is 23.7 Å². The Morgan fingerprint density at radius 3 is 2.44 bits per heavy atom. The summed E-state index contributed by atoms with van der Waals surface area (Å²) in [7, 11) is 0. The zero-order valence-corrected chi connectivity index (χ0v) is 18.9. The van der Waals surface area contributed by atoms with Crippen LogP contribution in [0.2, 0.25) is 0 Å². The fourth-order valence-corrected chi connectivity index (χ4v) is 5.41. The Morgan fingerprint density at radius 1 is 1.06 bits per heavy atom. The molecule has 2 aliphatic heterocycles. The second kappa shape index (κ2) is 9.58. The average Bonchev–Trinajstić information content (AvgIpc) is 3.44. The summed E-state index contributed by atoms with van der Waals surface area (Å²) < 4.78 is 0. The first-order valence-corrected chi connectivity index (χ1v) is 11.9. The Morgan fingerprint density at radius 2 is 1.78 bits per heavy atom. The first kappa shape index (κ1) is 22.1. The summed E-state index contributed by atoms with van der Waals surface area (Å²) in [5.41, 5.74) is 1.17. The molecule has 0 radical (unpaired) electrons. The van der Waals surface area contributed by atoms with Gasteiger partial charge in [0.05, 0.1) is 6.04 Å². The second-order valence-electron chi connectivity index (χ2n) is 7.41. The van der Waals surface area contributed by atoms with Gasteiger partial charge in [-0.2, -0.15) is 0 Å². The minimum Gasteiger partial charge on any atom is -0.326 e. The first-order chi connectivity index (χ1) is 15.4. The molecule has 8 nitrogen and oxygen atoms in total. The molecule has 0 spiro atoms. The number of imide groups is 1. The summed E-state index contributed by atoms with van der Waals surface area (Å²) >= 11 is 2.96. The lowest BCUT2D eigenvalue weighted by molar-refractivity contribution is -0.132. The van der Waals surface area contributed by atoms with E-state index in [4.69, 9.17) is 0 Å². The molecule has 4 rings (SSSR count). The highest BCUT2D eigenvalue weighted by Gasteiger charge is 2.47. The standard InChI is InChI=1S/C22H22N4O4S2/c1-14(27)23-15-4-6-16(7-5-15)24-19(28)13-26-18-9-12-32-20(18)21(29)25(22(26)30)10-8-17-3-2-11-31-17/h2-7,9,11-12,18,20H,8,10,13H2,1H3,(H,23,27)(H,24,28).